The van der Waals surface area contributed by atoms with E-state index >= 15 is 0 Å². The van der Waals surface area contributed by atoms with E-state index in [0.29, 0.717) is 32.3 Å². The summed E-state index contributed by atoms with van der Waals surface area (Å²) in [6, 6.07) is 22.6. The number of benzene rings is 3. The van der Waals surface area contributed by atoms with E-state index in [1.165, 1.54) is 5.56 Å². The van der Waals surface area contributed by atoms with Crippen LogP contribution in [0.3, 0.4) is 0 Å². The first-order chi connectivity index (χ1) is 18.3. The van der Waals surface area contributed by atoms with Crippen molar-refractivity contribution in [2.75, 3.05) is 33.4 Å². The number of nitrogens with one attached hydrogen (secondary N) is 2. The van der Waals surface area contributed by atoms with E-state index in [0.717, 1.165) is 59.6 Å². The molecular formula is C30H35N3O4. The maximum absolute atomic E-state index is 6.42. The molecule has 1 saturated heterocycles. The number of hydrogen-bond acceptors (Lipinski definition) is 6. The molecule has 2 N–H and O–H groups in total. The van der Waals surface area contributed by atoms with E-state index in [9.17, 15) is 0 Å². The van der Waals surface area contributed by atoms with Crippen molar-refractivity contribution in [2.24, 2.45) is 0 Å². The standard InChI is InChI=1S/C30H35N3O4/c1-34-28-9-3-2-6-23(28)19-35-16-5-17-36-25-12-10-22(11-13-25)26-14-15-31-18-29(26)37-20-24-7-4-8-27-30(24)33-21-32-27/h2-4,6-13,21,26,29,31H,5,14-20H2,1H3,(H,32,33). The van der Waals surface area contributed by atoms with Gasteiger partial charge in [0.1, 0.15) is 11.5 Å². The number of piperidine rings is 1. The molecule has 2 unspecified atom stereocenters. The summed E-state index contributed by atoms with van der Waals surface area (Å²) in [7, 11) is 1.68. The Morgan fingerprint density at radius 1 is 0.919 bits per heavy atom. The topological polar surface area (TPSA) is 77.6 Å². The van der Waals surface area contributed by atoms with Gasteiger partial charge in [0.05, 0.1) is 57.0 Å². The molecule has 1 aliphatic rings. The Bertz CT molecular complexity index is 1260. The van der Waals surface area contributed by atoms with Crippen molar-refractivity contribution >= 4 is 11.0 Å². The molecule has 7 nitrogen and oxygen atoms in total. The van der Waals surface area contributed by atoms with Crippen molar-refractivity contribution in [3.05, 3.63) is 89.7 Å². The maximum Gasteiger partial charge on any atom is 0.124 e. The van der Waals surface area contributed by atoms with E-state index in [1.54, 1.807) is 13.4 Å². The SMILES string of the molecule is COc1ccccc1COCCCOc1ccc(C2CCNCC2OCc2cccc3[nH]cnc23)cc1. The maximum atomic E-state index is 6.42. The number of nitrogens with zero attached hydrogens (tertiary/aromatic N) is 1. The van der Waals surface area contributed by atoms with Gasteiger partial charge in [-0.3, -0.25) is 0 Å². The molecule has 1 aliphatic heterocycles. The van der Waals surface area contributed by atoms with Crippen LogP contribution in [0.25, 0.3) is 11.0 Å². The highest BCUT2D eigenvalue weighted by atomic mass is 16.5. The van der Waals surface area contributed by atoms with Crippen LogP contribution in [0.1, 0.15) is 35.4 Å². The molecule has 0 bridgehead atoms. The summed E-state index contributed by atoms with van der Waals surface area (Å²) < 4.78 is 23.5. The van der Waals surface area contributed by atoms with Gasteiger partial charge >= 0.3 is 0 Å². The van der Waals surface area contributed by atoms with Gasteiger partial charge in [-0.2, -0.15) is 0 Å². The van der Waals surface area contributed by atoms with Crippen LogP contribution in [-0.4, -0.2) is 49.5 Å². The van der Waals surface area contributed by atoms with Crippen LogP contribution in [0.5, 0.6) is 11.5 Å². The summed E-state index contributed by atoms with van der Waals surface area (Å²) in [6.07, 6.45) is 3.71. The lowest BCUT2D eigenvalue weighted by atomic mass is 9.87. The van der Waals surface area contributed by atoms with Crippen molar-refractivity contribution in [3.8, 4) is 11.5 Å². The van der Waals surface area contributed by atoms with Gasteiger partial charge in [-0.15, -0.1) is 0 Å². The van der Waals surface area contributed by atoms with Crippen LogP contribution in [0.4, 0.5) is 0 Å². The molecule has 0 radical (unpaired) electrons. The number of aromatic amines is 1. The molecule has 4 aromatic rings. The van der Waals surface area contributed by atoms with E-state index < -0.39 is 0 Å². The fourth-order valence-electron chi connectivity index (χ4n) is 4.89. The number of ether oxygens (including phenoxy) is 4. The Labute approximate surface area is 218 Å². The molecule has 0 saturated carbocycles. The lowest BCUT2D eigenvalue weighted by molar-refractivity contribution is 0.0111. The van der Waals surface area contributed by atoms with Gasteiger partial charge in [-0.1, -0.05) is 42.5 Å². The highest BCUT2D eigenvalue weighted by molar-refractivity contribution is 5.77. The van der Waals surface area contributed by atoms with Crippen LogP contribution in [-0.2, 0) is 22.7 Å². The van der Waals surface area contributed by atoms with Gasteiger partial charge < -0.3 is 29.2 Å². The largest absolute Gasteiger partial charge is 0.496 e. The third-order valence-corrected chi connectivity index (χ3v) is 6.87. The first-order valence-corrected chi connectivity index (χ1v) is 13.0. The molecule has 0 aliphatic carbocycles. The first kappa shape index (κ1) is 25.3. The molecule has 2 heterocycles. The van der Waals surface area contributed by atoms with Gasteiger partial charge in [-0.05, 0) is 42.8 Å². The monoisotopic (exact) mass is 501 g/mol. The number of hydrogen-bond donors (Lipinski definition) is 2. The molecule has 0 spiro atoms. The van der Waals surface area contributed by atoms with Crippen molar-refractivity contribution in [2.45, 2.75) is 38.1 Å². The number of H-pyrrole nitrogens is 1. The van der Waals surface area contributed by atoms with Crippen LogP contribution < -0.4 is 14.8 Å². The minimum Gasteiger partial charge on any atom is -0.496 e. The Kier molecular flexibility index (Phi) is 8.69. The van der Waals surface area contributed by atoms with Gasteiger partial charge in [0, 0.05) is 30.0 Å². The van der Waals surface area contributed by atoms with Crippen molar-refractivity contribution in [3.63, 3.8) is 0 Å². The average Bonchev–Trinajstić information content (AvgIpc) is 3.44. The average molecular weight is 502 g/mol. The molecule has 0 amide bonds. The van der Waals surface area contributed by atoms with Crippen LogP contribution in [0.15, 0.2) is 73.1 Å². The summed E-state index contributed by atoms with van der Waals surface area (Å²) in [5.41, 5.74) is 5.48. The molecule has 2 atom stereocenters. The van der Waals surface area contributed by atoms with Crippen LogP contribution >= 0.6 is 0 Å². The number of fused-ring (bicyclic) bond motifs is 1. The molecular weight excluding hydrogens is 466 g/mol. The number of para-hydroxylation sites is 2. The lowest BCUT2D eigenvalue weighted by Crippen LogP contribution is -2.40. The summed E-state index contributed by atoms with van der Waals surface area (Å²) in [4.78, 5) is 7.62. The van der Waals surface area contributed by atoms with Crippen molar-refractivity contribution < 1.29 is 18.9 Å². The second-order valence-electron chi connectivity index (χ2n) is 9.30. The summed E-state index contributed by atoms with van der Waals surface area (Å²) >= 11 is 0. The zero-order valence-electron chi connectivity index (χ0n) is 21.3. The molecule has 5 rings (SSSR count). The molecule has 194 valence electrons. The molecule has 7 heteroatoms. The molecule has 1 aromatic heterocycles. The van der Waals surface area contributed by atoms with E-state index in [1.807, 2.05) is 36.4 Å². The van der Waals surface area contributed by atoms with Gasteiger partial charge in [0.25, 0.3) is 0 Å². The predicted octanol–water partition coefficient (Wildman–Crippen LogP) is 5.22. The second-order valence-corrected chi connectivity index (χ2v) is 9.30. The number of aromatic nitrogens is 2. The van der Waals surface area contributed by atoms with E-state index in [2.05, 4.69) is 45.6 Å². The highest BCUT2D eigenvalue weighted by Crippen LogP contribution is 2.30. The molecule has 1 fully saturated rings. The van der Waals surface area contributed by atoms with Gasteiger partial charge in [0.15, 0.2) is 0 Å². The Morgan fingerprint density at radius 2 is 1.78 bits per heavy atom. The Hall–Kier alpha value is -3.39. The van der Waals surface area contributed by atoms with Crippen molar-refractivity contribution in [1.29, 1.82) is 0 Å². The fourth-order valence-corrected chi connectivity index (χ4v) is 4.89. The van der Waals surface area contributed by atoms with Crippen LogP contribution in [0, 0.1) is 0 Å². The summed E-state index contributed by atoms with van der Waals surface area (Å²) in [6.45, 7) is 4.17. The Morgan fingerprint density at radius 3 is 2.68 bits per heavy atom. The predicted molar refractivity (Wildman–Crippen MR) is 144 cm³/mol. The summed E-state index contributed by atoms with van der Waals surface area (Å²) in [5.74, 6) is 2.08. The van der Waals surface area contributed by atoms with E-state index in [-0.39, 0.29) is 6.10 Å². The quantitative estimate of drug-likeness (QED) is 0.259. The molecule has 37 heavy (non-hydrogen) atoms. The Balaban J connectivity index is 1.08. The minimum absolute atomic E-state index is 0.107. The smallest absolute Gasteiger partial charge is 0.124 e. The minimum atomic E-state index is 0.107. The second kappa shape index (κ2) is 12.7. The first-order valence-electron chi connectivity index (χ1n) is 13.0. The zero-order chi connectivity index (χ0) is 25.3. The zero-order valence-corrected chi connectivity index (χ0v) is 21.3. The fraction of sp³-hybridized carbons (Fsp3) is 0.367. The number of imidazole rings is 1. The van der Waals surface area contributed by atoms with Gasteiger partial charge in [-0.25, -0.2) is 4.98 Å². The van der Waals surface area contributed by atoms with Gasteiger partial charge in [0.2, 0.25) is 0 Å². The summed E-state index contributed by atoms with van der Waals surface area (Å²) in [5, 5.41) is 3.49. The molecule has 3 aromatic carbocycles. The lowest BCUT2D eigenvalue weighted by Gasteiger charge is -2.32. The third-order valence-electron chi connectivity index (χ3n) is 6.87. The normalized spacial score (nSPS) is 17.6. The number of methoxy groups -OCH3 is 1. The third kappa shape index (κ3) is 6.49. The van der Waals surface area contributed by atoms with Crippen molar-refractivity contribution in [1.82, 2.24) is 15.3 Å². The highest BCUT2D eigenvalue weighted by Gasteiger charge is 2.27. The van der Waals surface area contributed by atoms with Crippen LogP contribution in [0.2, 0.25) is 0 Å². The van der Waals surface area contributed by atoms with E-state index in [4.69, 9.17) is 18.9 Å². The number of rotatable bonds is 12.